The van der Waals surface area contributed by atoms with Gasteiger partial charge in [0.2, 0.25) is 0 Å². The predicted octanol–water partition coefficient (Wildman–Crippen LogP) is 1.41. The summed E-state index contributed by atoms with van der Waals surface area (Å²) in [5, 5.41) is 16.5. The van der Waals surface area contributed by atoms with Gasteiger partial charge in [-0.2, -0.15) is 0 Å². The van der Waals surface area contributed by atoms with Crippen molar-refractivity contribution in [3.05, 3.63) is 11.4 Å². The van der Waals surface area contributed by atoms with E-state index in [1.807, 2.05) is 20.8 Å². The summed E-state index contributed by atoms with van der Waals surface area (Å²) in [6.07, 6.45) is 0.897. The summed E-state index contributed by atoms with van der Waals surface area (Å²) >= 11 is 0. The van der Waals surface area contributed by atoms with E-state index in [-0.39, 0.29) is 18.1 Å². The summed E-state index contributed by atoms with van der Waals surface area (Å²) in [5.74, 6) is -0.161. The maximum Gasteiger partial charge on any atom is 0.182 e. The number of ketones is 1. The van der Waals surface area contributed by atoms with Crippen LogP contribution in [0, 0.1) is 0 Å². The highest BCUT2D eigenvalue weighted by Crippen LogP contribution is 2.06. The summed E-state index contributed by atoms with van der Waals surface area (Å²) in [7, 11) is 0. The second-order valence-electron chi connectivity index (χ2n) is 2.82. The molecule has 0 aliphatic carbocycles. The van der Waals surface area contributed by atoms with Crippen molar-refractivity contribution in [1.29, 1.82) is 0 Å². The summed E-state index contributed by atoms with van der Waals surface area (Å²) in [4.78, 5) is 11.0. The number of rotatable bonds is 4. The molecule has 0 saturated heterocycles. The third kappa shape index (κ3) is 3.43. The molecule has 1 aromatic heterocycles. The van der Waals surface area contributed by atoms with E-state index in [9.17, 15) is 4.79 Å². The first kappa shape index (κ1) is 13.8. The van der Waals surface area contributed by atoms with Crippen molar-refractivity contribution < 1.29 is 9.90 Å². The molecule has 5 nitrogen and oxygen atoms in total. The molecule has 0 saturated carbocycles. The van der Waals surface area contributed by atoms with Gasteiger partial charge >= 0.3 is 0 Å². The maximum atomic E-state index is 11.0. The number of aromatic nitrogens is 3. The lowest BCUT2D eigenvalue weighted by Gasteiger charge is -2.01. The number of hydrogen-bond acceptors (Lipinski definition) is 4. The van der Waals surface area contributed by atoms with Gasteiger partial charge in [-0.25, -0.2) is 4.68 Å². The van der Waals surface area contributed by atoms with Gasteiger partial charge in [0, 0.05) is 13.5 Å². The Bertz CT molecular complexity index is 308. The lowest BCUT2D eigenvalue weighted by atomic mass is 10.2. The molecule has 86 valence electrons. The van der Waals surface area contributed by atoms with Crippen molar-refractivity contribution in [3.8, 4) is 0 Å². The van der Waals surface area contributed by atoms with Crippen molar-refractivity contribution in [2.75, 3.05) is 0 Å². The molecule has 0 aliphatic heterocycles. The van der Waals surface area contributed by atoms with E-state index < -0.39 is 0 Å². The van der Waals surface area contributed by atoms with Gasteiger partial charge < -0.3 is 5.11 Å². The molecule has 1 N–H and O–H groups in total. The number of aliphatic hydroxyl groups is 1. The van der Waals surface area contributed by atoms with Gasteiger partial charge in [0.1, 0.15) is 0 Å². The highest BCUT2D eigenvalue weighted by atomic mass is 16.3. The second kappa shape index (κ2) is 7.11. The minimum atomic E-state index is -0.193. The molecule has 0 bridgehead atoms. The van der Waals surface area contributed by atoms with Crippen LogP contribution in [-0.2, 0) is 13.2 Å². The average molecular weight is 213 g/mol. The van der Waals surface area contributed by atoms with Crippen LogP contribution in [0.4, 0.5) is 0 Å². The Morgan fingerprint density at radius 2 is 2.07 bits per heavy atom. The quantitative estimate of drug-likeness (QED) is 0.768. The number of aryl methyl sites for hydroxylation is 1. The fraction of sp³-hybridized carbons (Fsp3) is 0.700. The first-order valence-electron chi connectivity index (χ1n) is 5.24. The molecule has 15 heavy (non-hydrogen) atoms. The SMILES string of the molecule is CC.CCCn1nnc(C(C)=O)c1CO. The van der Waals surface area contributed by atoms with Gasteiger partial charge in [-0.1, -0.05) is 26.0 Å². The number of Topliss-reactive ketones (excluding diaryl/α,β-unsaturated/α-hetero) is 1. The Hall–Kier alpha value is -1.23. The van der Waals surface area contributed by atoms with Gasteiger partial charge in [0.25, 0.3) is 0 Å². The van der Waals surface area contributed by atoms with Crippen LogP contribution in [0.15, 0.2) is 0 Å². The van der Waals surface area contributed by atoms with Crippen LogP contribution in [0.25, 0.3) is 0 Å². The molecular formula is C10H19N3O2. The fourth-order valence-electron chi connectivity index (χ4n) is 1.15. The normalized spacial score (nSPS) is 9.40. The Morgan fingerprint density at radius 3 is 2.47 bits per heavy atom. The zero-order valence-electron chi connectivity index (χ0n) is 9.82. The molecule has 0 fully saturated rings. The molecule has 0 spiro atoms. The van der Waals surface area contributed by atoms with Crippen LogP contribution in [0.5, 0.6) is 0 Å². The van der Waals surface area contributed by atoms with Crippen molar-refractivity contribution in [3.63, 3.8) is 0 Å². The fourth-order valence-corrected chi connectivity index (χ4v) is 1.15. The largest absolute Gasteiger partial charge is 0.390 e. The van der Waals surface area contributed by atoms with E-state index in [0.29, 0.717) is 12.2 Å². The zero-order chi connectivity index (χ0) is 11.8. The van der Waals surface area contributed by atoms with Crippen LogP contribution in [0.2, 0.25) is 0 Å². The van der Waals surface area contributed by atoms with Gasteiger partial charge in [-0.15, -0.1) is 5.10 Å². The van der Waals surface area contributed by atoms with E-state index in [4.69, 9.17) is 5.11 Å². The van der Waals surface area contributed by atoms with Crippen LogP contribution >= 0.6 is 0 Å². The summed E-state index contributed by atoms with van der Waals surface area (Å²) in [6, 6.07) is 0. The smallest absolute Gasteiger partial charge is 0.182 e. The third-order valence-corrected chi connectivity index (χ3v) is 1.76. The van der Waals surface area contributed by atoms with Gasteiger partial charge in [-0.3, -0.25) is 4.79 Å². The third-order valence-electron chi connectivity index (χ3n) is 1.76. The highest BCUT2D eigenvalue weighted by Gasteiger charge is 2.14. The standard InChI is InChI=1S/C8H13N3O2.C2H6/c1-3-4-11-7(5-12)8(6(2)13)9-10-11;1-2/h12H,3-5H2,1-2H3;1-2H3. The van der Waals surface area contributed by atoms with Gasteiger partial charge in [0.05, 0.1) is 12.3 Å². The molecule has 5 heteroatoms. The van der Waals surface area contributed by atoms with Crippen LogP contribution in [0.3, 0.4) is 0 Å². The van der Waals surface area contributed by atoms with Gasteiger partial charge in [-0.05, 0) is 6.42 Å². The van der Waals surface area contributed by atoms with Crippen molar-refractivity contribution >= 4 is 5.78 Å². The minimum Gasteiger partial charge on any atom is -0.390 e. The summed E-state index contributed by atoms with van der Waals surface area (Å²) in [6.45, 7) is 7.90. The molecule has 0 unspecified atom stereocenters. The Labute approximate surface area is 90.1 Å². The van der Waals surface area contributed by atoms with Crippen LogP contribution in [-0.4, -0.2) is 25.9 Å². The molecule has 1 aromatic rings. The van der Waals surface area contributed by atoms with E-state index in [0.717, 1.165) is 6.42 Å². The Morgan fingerprint density at radius 1 is 1.47 bits per heavy atom. The molecule has 0 atom stereocenters. The average Bonchev–Trinajstić information content (AvgIpc) is 2.64. The summed E-state index contributed by atoms with van der Waals surface area (Å²) in [5.41, 5.74) is 0.783. The maximum absolute atomic E-state index is 11.0. The van der Waals surface area contributed by atoms with E-state index in [1.54, 1.807) is 4.68 Å². The topological polar surface area (TPSA) is 68.0 Å². The Kier molecular flexibility index (Phi) is 6.53. The first-order valence-corrected chi connectivity index (χ1v) is 5.24. The van der Waals surface area contributed by atoms with E-state index in [2.05, 4.69) is 10.3 Å². The molecule has 0 amide bonds. The molecule has 1 heterocycles. The second-order valence-corrected chi connectivity index (χ2v) is 2.82. The van der Waals surface area contributed by atoms with Crippen LogP contribution < -0.4 is 0 Å². The molecule has 0 aliphatic rings. The zero-order valence-corrected chi connectivity index (χ0v) is 9.82. The first-order chi connectivity index (χ1) is 7.20. The number of carbonyl (C=O) groups is 1. The molecular weight excluding hydrogens is 194 g/mol. The van der Waals surface area contributed by atoms with E-state index >= 15 is 0 Å². The van der Waals surface area contributed by atoms with Crippen LogP contribution in [0.1, 0.15) is 50.3 Å². The molecule has 0 radical (unpaired) electrons. The van der Waals surface area contributed by atoms with Gasteiger partial charge in [0.15, 0.2) is 11.5 Å². The number of hydrogen-bond donors (Lipinski definition) is 1. The van der Waals surface area contributed by atoms with E-state index in [1.165, 1.54) is 6.92 Å². The number of aliphatic hydroxyl groups excluding tert-OH is 1. The monoisotopic (exact) mass is 213 g/mol. The van der Waals surface area contributed by atoms with Crippen molar-refractivity contribution in [1.82, 2.24) is 15.0 Å². The molecule has 0 aromatic carbocycles. The molecule has 1 rings (SSSR count). The van der Waals surface area contributed by atoms with Crippen molar-refractivity contribution in [2.24, 2.45) is 0 Å². The highest BCUT2D eigenvalue weighted by molar-refractivity contribution is 5.93. The number of nitrogens with zero attached hydrogens (tertiary/aromatic N) is 3. The number of carbonyl (C=O) groups excluding carboxylic acids is 1. The lowest BCUT2D eigenvalue weighted by molar-refractivity contribution is 0.100. The predicted molar refractivity (Wildman–Crippen MR) is 57.6 cm³/mol. The Balaban J connectivity index is 0.000000921. The summed E-state index contributed by atoms with van der Waals surface area (Å²) < 4.78 is 1.57. The lowest BCUT2D eigenvalue weighted by Crippen LogP contribution is -2.07. The van der Waals surface area contributed by atoms with Crippen molar-refractivity contribution in [2.45, 2.75) is 47.3 Å². The minimum absolute atomic E-state index is 0.161.